The molecule has 1 amide bonds. The van der Waals surface area contributed by atoms with Gasteiger partial charge in [-0.1, -0.05) is 90.0 Å². The van der Waals surface area contributed by atoms with Crippen LogP contribution >= 0.6 is 19.4 Å². The minimum atomic E-state index is -3.85. The van der Waals surface area contributed by atoms with Crippen molar-refractivity contribution in [3.63, 3.8) is 0 Å². The molecule has 0 saturated heterocycles. The molecule has 0 heterocycles. The highest BCUT2D eigenvalue weighted by Gasteiger charge is 2.17. The van der Waals surface area contributed by atoms with Crippen LogP contribution in [0.2, 0.25) is 0 Å². The molecule has 53 heteroatoms. The van der Waals surface area contributed by atoms with Crippen LogP contribution in [-0.4, -0.2) is 444 Å². The Morgan fingerprint density at radius 2 is 0.659 bits per heavy atom. The summed E-state index contributed by atoms with van der Waals surface area (Å²) in [7, 11) is -11.5. The summed E-state index contributed by atoms with van der Waals surface area (Å²) in [6.07, 6.45) is 6.03. The number of sulfone groups is 1. The second-order valence-corrected chi connectivity index (χ2v) is 43.0. The van der Waals surface area contributed by atoms with Gasteiger partial charge < -0.3 is 78.2 Å². The van der Waals surface area contributed by atoms with Crippen molar-refractivity contribution in [3.8, 4) is 0 Å². The van der Waals surface area contributed by atoms with Crippen LogP contribution in [0.25, 0.3) is 0 Å². The van der Waals surface area contributed by atoms with E-state index in [1.807, 2.05) is 117 Å². The number of hydrogen-bond donors (Lipinski definition) is 4. The molecule has 1 unspecified atom stereocenters. The van der Waals surface area contributed by atoms with Gasteiger partial charge in [0, 0.05) is 98.9 Å². The third-order valence-corrected chi connectivity index (χ3v) is 21.8. The lowest BCUT2D eigenvalue weighted by molar-refractivity contribution is -0.121. The van der Waals surface area contributed by atoms with Gasteiger partial charge >= 0.3 is 71.2 Å². The molecular weight excluding hydrogens is 1920 g/mol. The van der Waals surface area contributed by atoms with Crippen LogP contribution in [0, 0.1) is 5.92 Å². The van der Waals surface area contributed by atoms with Crippen molar-refractivity contribution in [3.05, 3.63) is 0 Å². The summed E-state index contributed by atoms with van der Waals surface area (Å²) < 4.78 is 247. The lowest BCUT2D eigenvalue weighted by Crippen LogP contribution is -2.33. The van der Waals surface area contributed by atoms with Crippen molar-refractivity contribution in [1.29, 1.82) is 0 Å². The highest BCUT2D eigenvalue weighted by Crippen LogP contribution is 2.33. The fourth-order valence-electron chi connectivity index (χ4n) is 7.16. The van der Waals surface area contributed by atoms with Crippen molar-refractivity contribution < 1.29 is 139 Å². The Kier molecular flexibility index (Phi) is 139. The summed E-state index contributed by atoms with van der Waals surface area (Å²) in [5, 5.41) is 3.70. The Bertz CT molecular complexity index is 3230. The minimum absolute atomic E-state index is 0.0921. The molecule has 0 fully saturated rings. The van der Waals surface area contributed by atoms with Gasteiger partial charge in [-0.05, 0) is 242 Å². The van der Waals surface area contributed by atoms with Gasteiger partial charge in [0.15, 0.2) is 9.84 Å². The summed E-state index contributed by atoms with van der Waals surface area (Å²) in [6, 6.07) is 0.254. The van der Waals surface area contributed by atoms with E-state index in [-0.39, 0.29) is 47.1 Å². The van der Waals surface area contributed by atoms with E-state index in [9.17, 15) is 30.4 Å². The second-order valence-electron chi connectivity index (χ2n) is 30.7. The van der Waals surface area contributed by atoms with Crippen LogP contribution in [0.5, 0.6) is 0 Å². The summed E-state index contributed by atoms with van der Waals surface area (Å²) in [5.41, 5.74) is 0. The number of thioether (sulfide) groups is 1. The minimum Gasteiger partial charge on any atom is -0.377 e. The van der Waals surface area contributed by atoms with Gasteiger partial charge in [-0.15, -0.1) is 75.8 Å². The fourth-order valence-corrected chi connectivity index (χ4v) is 11.1. The first-order valence-electron chi connectivity index (χ1n) is 42.4. The van der Waals surface area contributed by atoms with Crippen LogP contribution in [0.15, 0.2) is 0 Å². The van der Waals surface area contributed by atoms with Gasteiger partial charge in [-0.2, -0.15) is 20.2 Å². The highest BCUT2D eigenvalue weighted by atomic mass is 32.2. The summed E-state index contributed by atoms with van der Waals surface area (Å²) in [6.45, 7) is 71.5. The van der Waals surface area contributed by atoms with Crippen LogP contribution in [0.3, 0.4) is 0 Å². The van der Waals surface area contributed by atoms with Crippen molar-refractivity contribution in [2.75, 3.05) is 237 Å². The van der Waals surface area contributed by atoms with Crippen LogP contribution in [0.4, 0.5) is 0 Å². The summed E-state index contributed by atoms with van der Waals surface area (Å²) >= 11 is 2.03. The van der Waals surface area contributed by atoms with Gasteiger partial charge in [0.05, 0.1) is 73.8 Å². The molecule has 129 heavy (non-hydrogen) atoms. The zero-order valence-electron chi connectivity index (χ0n) is 84.6. The topological polar surface area (TPSA) is 566 Å². The molecule has 0 aromatic carbocycles. The van der Waals surface area contributed by atoms with Crippen LogP contribution < -0.4 is 5.32 Å². The molecule has 0 aromatic heterocycles. The molecule has 0 bridgehead atoms. The van der Waals surface area contributed by atoms with Crippen molar-refractivity contribution in [1.82, 2.24) is 49.4 Å². The maximum Gasteiger partial charge on any atom is 0.425 e. The summed E-state index contributed by atoms with van der Waals surface area (Å²) in [4.78, 5) is 47.8. The zero-order chi connectivity index (χ0) is 105. The van der Waals surface area contributed by atoms with E-state index in [1.54, 1.807) is 13.8 Å². The van der Waals surface area contributed by atoms with E-state index in [1.165, 1.54) is 57.7 Å². The average Bonchev–Trinajstić information content (AvgIpc) is 0.899. The van der Waals surface area contributed by atoms with E-state index in [2.05, 4.69) is 167 Å². The third kappa shape index (κ3) is 228. The molecule has 0 saturated carbocycles. The third-order valence-electron chi connectivity index (χ3n) is 15.3. The number of nitrogens with one attached hydrogen (secondary N) is 1. The molecule has 0 spiro atoms. The lowest BCUT2D eigenvalue weighted by Gasteiger charge is -2.17. The molecule has 0 radical (unpaired) electrons. The monoisotopic (exact) mass is 2090 g/mol. The van der Waals surface area contributed by atoms with Crippen LogP contribution in [0.1, 0.15) is 205 Å². The molecule has 0 aliphatic carbocycles. The van der Waals surface area contributed by atoms with E-state index in [0.717, 1.165) is 89.0 Å². The second kappa shape index (κ2) is 112. The molecule has 0 aromatic rings. The zero-order valence-corrected chi connectivity index (χ0v) is 93.6. The Hall–Kier alpha value is -2.82. The SMILES string of the molecule is CC(C)OCCN(C)CCCS(=O)(=O)O.CC(C)OCCN(C)CCP(=O)(O)O.CCCN(C)CCOC(C)C.CCN(C)CCC(=O)NC(C)C.CCN(C)CCCC(C)C.CCN(C)CCOC(C)C.CCN(C)CCS(=O)(=O)C(C)C.CCN(C)CCS(=O)C(C)C.CCN(C)CCSC(C)C.O=S(=O)=O.O=S(=O)=O.O=S(=O)=O.O=S(=O)=O.O=S(=O)=O.O=S(=O)=O. The Morgan fingerprint density at radius 3 is 0.930 bits per heavy atom. The molecule has 0 aliphatic heterocycles. The fraction of sp³-hybridized carbons (Fsp3) is 0.987. The first kappa shape index (κ1) is 160. The standard InChI is InChI=1S/C9H20N2O.C9H21NO4S.C9H21NO.C9H21N.C8H20NO4P.C8H19NO2S.C8H19NOS.C8H19NO.C8H19NS.6O3S/c1-5-11(4)7-6-9(12)10-8(2)3;1-9(2)14-7-6-10(3)5-4-8-15(11,12)13;1-5-6-10(4)7-8-11-9(2)3;1-5-10(4)8-6-7-9(2)3;1-8(2)13-6-4-9(3)5-7-14(10,11)12;1-5-9(4)6-7-12(10,11)8(2)3;1-5-9(4)6-7-11(10)8(2)3;2*1-5-9(4)6-7-10-8(2)3;6*1-4(2)3/h8H,5-7H2,1-4H3,(H,10,12);9H,4-8H2,1-3H3,(H,11,12,13);9H,5-8H2,1-4H3;9H,5-8H2,1-4H3;8H,4-7H2,1-3H3,(H2,10,11,12);8H,5-7H2,1-4H3;8H,5-7H2,1-4H3;2*8H,5-7H2,1-4H3;;;;;;. The smallest absolute Gasteiger partial charge is 0.377 e. The van der Waals surface area contributed by atoms with E-state index in [4.69, 9.17) is 109 Å². The maximum atomic E-state index is 11.3. The number of ether oxygens (including phenoxy) is 4. The van der Waals surface area contributed by atoms with E-state index in [0.29, 0.717) is 69.7 Å². The van der Waals surface area contributed by atoms with Gasteiger partial charge in [-0.25, -0.2) is 8.42 Å². The highest BCUT2D eigenvalue weighted by molar-refractivity contribution is 7.99. The van der Waals surface area contributed by atoms with Crippen molar-refractivity contribution in [2.24, 2.45) is 5.92 Å². The number of amides is 1. The Morgan fingerprint density at radius 1 is 0.380 bits per heavy atom. The molecule has 0 rings (SSSR count). The van der Waals surface area contributed by atoms with E-state index < -0.39 is 102 Å². The van der Waals surface area contributed by atoms with Gasteiger partial charge in [0.1, 0.15) is 0 Å². The molecule has 1 atom stereocenters. The molecule has 42 nitrogen and oxygen atoms in total. The van der Waals surface area contributed by atoms with Gasteiger partial charge in [0.25, 0.3) is 10.1 Å². The van der Waals surface area contributed by atoms with Gasteiger partial charge in [0.2, 0.25) is 5.91 Å². The van der Waals surface area contributed by atoms with Crippen molar-refractivity contribution >= 4 is 120 Å². The maximum absolute atomic E-state index is 11.3. The Balaban J connectivity index is -0.0000000846. The first-order chi connectivity index (χ1) is 58.7. The first-order valence-corrected chi connectivity index (χ1v) is 56.0. The number of hydrogen-bond acceptors (Lipinski definition) is 39. The molecule has 0 aliphatic rings. The number of nitrogens with zero attached hydrogens (tertiary/aromatic N) is 9. The predicted molar refractivity (Wildman–Crippen MR) is 519 cm³/mol. The molecule has 4 N–H and O–H groups in total. The molecular formula is C76H179N10O32PS10. The van der Waals surface area contributed by atoms with E-state index >= 15 is 0 Å². The number of carbonyl (C=O) groups excluding carboxylic acids is 1. The lowest BCUT2D eigenvalue weighted by atomic mass is 10.1. The van der Waals surface area contributed by atoms with Gasteiger partial charge in [-0.3, -0.25) is 18.1 Å². The number of rotatable bonds is 51. The number of carbonyl (C=O) groups is 1. The summed E-state index contributed by atoms with van der Waals surface area (Å²) in [5.74, 6) is 3.18. The van der Waals surface area contributed by atoms with Crippen molar-refractivity contribution in [2.45, 2.75) is 251 Å². The average molecular weight is 2100 g/mol. The quantitative estimate of drug-likeness (QED) is 0.0437. The largest absolute Gasteiger partial charge is 0.425 e. The molecule has 790 valence electrons. The predicted octanol–water partition coefficient (Wildman–Crippen LogP) is 5.40. The number of likely N-dealkylation sites (N-methyl/N-ethyl adjacent to an activating group) is 4. The van der Waals surface area contributed by atoms with Crippen LogP contribution in [-0.2, 0) is 123 Å². The normalized spacial score (nSPS) is 11.0. The Labute approximate surface area is 797 Å².